The van der Waals surface area contributed by atoms with Crippen molar-refractivity contribution in [3.63, 3.8) is 0 Å². The van der Waals surface area contributed by atoms with Crippen LogP contribution in [0.1, 0.15) is 25.6 Å². The molecule has 0 saturated carbocycles. The van der Waals surface area contributed by atoms with E-state index in [0.717, 1.165) is 16.8 Å². The summed E-state index contributed by atoms with van der Waals surface area (Å²) in [5.41, 5.74) is -0.480. The zero-order chi connectivity index (χ0) is 17.3. The Balaban J connectivity index is 0.00000529. The molecule has 6 nitrogen and oxygen atoms in total. The van der Waals surface area contributed by atoms with Gasteiger partial charge in [-0.05, 0) is 55.3 Å². The topological polar surface area (TPSA) is 74.8 Å². The lowest BCUT2D eigenvalue weighted by Crippen LogP contribution is -2.42. The minimum absolute atomic E-state index is 0. The molecule has 0 fully saturated rings. The molecule has 1 amide bonds. The van der Waals surface area contributed by atoms with E-state index in [4.69, 9.17) is 4.74 Å². The standard InChI is InChI=1S/C15H25BrN4O2S.HI/c1-15(2,3)22-14(21)20-10-9-19-13(17-4)18-8-7-11-5-6-12(16)23-11;/h5-6H,7-10H2,1-4H3,(H,20,21)(H2,17,18,19);1H. The summed E-state index contributed by atoms with van der Waals surface area (Å²) in [6.07, 6.45) is 0.526. The second-order valence-corrected chi connectivity index (χ2v) is 8.36. The van der Waals surface area contributed by atoms with Crippen LogP contribution < -0.4 is 16.0 Å². The number of alkyl carbamates (subject to hydrolysis) is 1. The summed E-state index contributed by atoms with van der Waals surface area (Å²) in [4.78, 5) is 17.0. The Kier molecular flexibility index (Phi) is 11.6. The van der Waals surface area contributed by atoms with Crippen molar-refractivity contribution in [3.05, 3.63) is 20.8 Å². The SMILES string of the molecule is CN=C(NCCNC(=O)OC(C)(C)C)NCCc1ccc(Br)s1.I. The first-order valence-electron chi connectivity index (χ1n) is 7.46. The summed E-state index contributed by atoms with van der Waals surface area (Å²) in [6, 6.07) is 4.16. The Morgan fingerprint density at radius 3 is 2.38 bits per heavy atom. The van der Waals surface area contributed by atoms with E-state index in [0.29, 0.717) is 19.0 Å². The van der Waals surface area contributed by atoms with Crippen molar-refractivity contribution in [2.24, 2.45) is 4.99 Å². The van der Waals surface area contributed by atoms with E-state index >= 15 is 0 Å². The molecule has 0 atom stereocenters. The minimum Gasteiger partial charge on any atom is -0.444 e. The monoisotopic (exact) mass is 532 g/mol. The summed E-state index contributed by atoms with van der Waals surface area (Å²) < 4.78 is 6.30. The molecule has 0 saturated heterocycles. The largest absolute Gasteiger partial charge is 0.444 e. The average Bonchev–Trinajstić information content (AvgIpc) is 2.85. The molecular formula is C15H26BrIN4O2S. The van der Waals surface area contributed by atoms with Crippen molar-refractivity contribution in [3.8, 4) is 0 Å². The Hall–Kier alpha value is -0.550. The molecular weight excluding hydrogens is 507 g/mol. The van der Waals surface area contributed by atoms with Crippen LogP contribution in [0.5, 0.6) is 0 Å². The summed E-state index contributed by atoms with van der Waals surface area (Å²) in [5.74, 6) is 0.714. The number of aliphatic imine (C=N–C) groups is 1. The van der Waals surface area contributed by atoms with Gasteiger partial charge in [0.1, 0.15) is 5.60 Å². The van der Waals surface area contributed by atoms with Gasteiger partial charge in [0, 0.05) is 31.6 Å². The third-order valence-corrected chi connectivity index (χ3v) is 4.29. The summed E-state index contributed by atoms with van der Waals surface area (Å²) in [5, 5.41) is 9.08. The highest BCUT2D eigenvalue weighted by Crippen LogP contribution is 2.21. The Labute approximate surface area is 173 Å². The predicted molar refractivity (Wildman–Crippen MR) is 115 cm³/mol. The molecule has 0 unspecified atom stereocenters. The quantitative estimate of drug-likeness (QED) is 0.227. The van der Waals surface area contributed by atoms with Crippen LogP contribution in [0.15, 0.2) is 20.9 Å². The number of carbonyl (C=O) groups is 1. The van der Waals surface area contributed by atoms with Crippen LogP contribution in [-0.4, -0.2) is 44.3 Å². The van der Waals surface area contributed by atoms with Gasteiger partial charge < -0.3 is 20.7 Å². The Morgan fingerprint density at radius 2 is 1.83 bits per heavy atom. The van der Waals surface area contributed by atoms with Crippen molar-refractivity contribution in [1.29, 1.82) is 0 Å². The van der Waals surface area contributed by atoms with E-state index in [-0.39, 0.29) is 24.0 Å². The molecule has 0 aliphatic rings. The van der Waals surface area contributed by atoms with Gasteiger partial charge in [0.15, 0.2) is 5.96 Å². The van der Waals surface area contributed by atoms with Gasteiger partial charge in [-0.2, -0.15) is 0 Å². The predicted octanol–water partition coefficient (Wildman–Crippen LogP) is 3.36. The van der Waals surface area contributed by atoms with Crippen LogP contribution in [0, 0.1) is 0 Å². The molecule has 0 bridgehead atoms. The summed E-state index contributed by atoms with van der Waals surface area (Å²) in [7, 11) is 1.72. The van der Waals surface area contributed by atoms with Gasteiger partial charge in [0.05, 0.1) is 3.79 Å². The molecule has 3 N–H and O–H groups in total. The van der Waals surface area contributed by atoms with Crippen LogP contribution in [-0.2, 0) is 11.2 Å². The fourth-order valence-corrected chi connectivity index (χ4v) is 3.15. The lowest BCUT2D eigenvalue weighted by atomic mass is 10.2. The van der Waals surface area contributed by atoms with E-state index in [2.05, 4.69) is 49.0 Å². The maximum absolute atomic E-state index is 11.5. The summed E-state index contributed by atoms with van der Waals surface area (Å²) in [6.45, 7) is 7.34. The van der Waals surface area contributed by atoms with Crippen LogP contribution in [0.3, 0.4) is 0 Å². The van der Waals surface area contributed by atoms with Crippen LogP contribution >= 0.6 is 51.2 Å². The minimum atomic E-state index is -0.480. The molecule has 9 heteroatoms. The second kappa shape index (κ2) is 11.9. The molecule has 1 aromatic rings. The number of nitrogens with zero attached hydrogens (tertiary/aromatic N) is 1. The maximum Gasteiger partial charge on any atom is 0.407 e. The van der Waals surface area contributed by atoms with Crippen molar-refractivity contribution < 1.29 is 9.53 Å². The molecule has 0 spiro atoms. The first-order valence-corrected chi connectivity index (χ1v) is 9.06. The van der Waals surface area contributed by atoms with Gasteiger partial charge in [-0.3, -0.25) is 4.99 Å². The highest BCUT2D eigenvalue weighted by molar-refractivity contribution is 14.0. The summed E-state index contributed by atoms with van der Waals surface area (Å²) >= 11 is 5.19. The number of halogens is 2. The number of nitrogens with one attached hydrogen (secondary N) is 3. The lowest BCUT2D eigenvalue weighted by Gasteiger charge is -2.19. The van der Waals surface area contributed by atoms with Crippen molar-refractivity contribution in [1.82, 2.24) is 16.0 Å². The first-order chi connectivity index (χ1) is 10.8. The first kappa shape index (κ1) is 23.4. The van der Waals surface area contributed by atoms with Gasteiger partial charge in [0.25, 0.3) is 0 Å². The number of ether oxygens (including phenoxy) is 1. The fraction of sp³-hybridized carbons (Fsp3) is 0.600. The van der Waals surface area contributed by atoms with E-state index in [1.54, 1.807) is 18.4 Å². The van der Waals surface area contributed by atoms with E-state index in [9.17, 15) is 4.79 Å². The molecule has 24 heavy (non-hydrogen) atoms. The number of thiophene rings is 1. The number of hydrogen-bond donors (Lipinski definition) is 3. The zero-order valence-electron chi connectivity index (χ0n) is 14.4. The van der Waals surface area contributed by atoms with Gasteiger partial charge in [0.2, 0.25) is 0 Å². The number of guanidine groups is 1. The normalized spacial score (nSPS) is 11.5. The smallest absolute Gasteiger partial charge is 0.407 e. The van der Waals surface area contributed by atoms with Crippen LogP contribution in [0.2, 0.25) is 0 Å². The molecule has 0 aliphatic heterocycles. The van der Waals surface area contributed by atoms with E-state index in [1.165, 1.54) is 4.88 Å². The maximum atomic E-state index is 11.5. The molecule has 1 aromatic heterocycles. The highest BCUT2D eigenvalue weighted by Gasteiger charge is 2.15. The lowest BCUT2D eigenvalue weighted by molar-refractivity contribution is 0.0529. The van der Waals surface area contributed by atoms with Gasteiger partial charge in [-0.15, -0.1) is 35.3 Å². The average molecular weight is 533 g/mol. The van der Waals surface area contributed by atoms with Crippen molar-refractivity contribution in [2.75, 3.05) is 26.7 Å². The molecule has 1 heterocycles. The zero-order valence-corrected chi connectivity index (χ0v) is 19.2. The highest BCUT2D eigenvalue weighted by atomic mass is 127. The number of hydrogen-bond acceptors (Lipinski definition) is 4. The van der Waals surface area contributed by atoms with Crippen LogP contribution in [0.4, 0.5) is 4.79 Å². The molecule has 0 aliphatic carbocycles. The van der Waals surface area contributed by atoms with Gasteiger partial charge >= 0.3 is 6.09 Å². The third kappa shape index (κ3) is 11.1. The van der Waals surface area contributed by atoms with E-state index in [1.807, 2.05) is 20.8 Å². The number of amides is 1. The molecule has 0 aromatic carbocycles. The van der Waals surface area contributed by atoms with Gasteiger partial charge in [-0.1, -0.05) is 0 Å². The second-order valence-electron chi connectivity index (χ2n) is 5.81. The Morgan fingerprint density at radius 1 is 1.21 bits per heavy atom. The molecule has 1 rings (SSSR count). The Bertz CT molecular complexity index is 532. The third-order valence-electron chi connectivity index (χ3n) is 2.60. The molecule has 138 valence electrons. The number of carbonyl (C=O) groups excluding carboxylic acids is 1. The van der Waals surface area contributed by atoms with Gasteiger partial charge in [-0.25, -0.2) is 4.79 Å². The van der Waals surface area contributed by atoms with Crippen molar-refractivity contribution >= 4 is 63.3 Å². The fourth-order valence-electron chi connectivity index (χ4n) is 1.67. The van der Waals surface area contributed by atoms with E-state index < -0.39 is 11.7 Å². The molecule has 0 radical (unpaired) electrons. The van der Waals surface area contributed by atoms with Crippen LogP contribution in [0.25, 0.3) is 0 Å². The number of rotatable bonds is 6. The van der Waals surface area contributed by atoms with Crippen molar-refractivity contribution in [2.45, 2.75) is 32.8 Å².